The van der Waals surface area contributed by atoms with Crippen molar-refractivity contribution in [3.05, 3.63) is 39.0 Å². The van der Waals surface area contributed by atoms with E-state index < -0.39 is 27.2 Å². The van der Waals surface area contributed by atoms with Crippen molar-refractivity contribution in [1.82, 2.24) is 23.4 Å². The molecule has 1 aromatic carbocycles. The number of H-pyrrole nitrogens is 1. The summed E-state index contributed by atoms with van der Waals surface area (Å²) in [5.41, 5.74) is 5.09. The van der Waals surface area contributed by atoms with Crippen molar-refractivity contribution in [2.24, 2.45) is 18.7 Å². The lowest BCUT2D eigenvalue weighted by Crippen LogP contribution is -2.41. The minimum Gasteiger partial charge on any atom is -0.493 e. The number of hydrogen-bond acceptors (Lipinski definition) is 7. The monoisotopic (exact) mass is 532 g/mol. The lowest BCUT2D eigenvalue weighted by molar-refractivity contribution is -0.122. The molecule has 13 heteroatoms. The topological polar surface area (TPSA) is 162 Å². The number of aromatic amines is 1. The Kier molecular flexibility index (Phi) is 7.55. The van der Waals surface area contributed by atoms with Crippen molar-refractivity contribution in [3.63, 3.8) is 0 Å². The lowest BCUT2D eigenvalue weighted by Gasteiger charge is -2.29. The standard InChI is InChI=1S/C24H32N6O6S/c1-4-10-30-22-19(23(32)28(3)24(30)33)26-21(27-22)17-14-16(6-7-18(17)36-13-5-2)37(34,35)29-11-8-15(9-12-29)20(25)31/h6-7,14-15H,4-5,8-13H2,1-3H3,(H2,25,31)(H,26,27). The number of carbonyl (C=O) groups is 1. The van der Waals surface area contributed by atoms with Crippen LogP contribution in [-0.2, 0) is 28.4 Å². The van der Waals surface area contributed by atoms with Gasteiger partial charge in [-0.25, -0.2) is 18.2 Å². The Morgan fingerprint density at radius 1 is 1.19 bits per heavy atom. The van der Waals surface area contributed by atoms with Gasteiger partial charge in [0, 0.05) is 32.6 Å². The van der Waals surface area contributed by atoms with Crippen LogP contribution in [0.3, 0.4) is 0 Å². The number of nitrogens with two attached hydrogens (primary N) is 1. The van der Waals surface area contributed by atoms with Crippen LogP contribution in [0.25, 0.3) is 22.6 Å². The third-order valence-corrected chi connectivity index (χ3v) is 8.48. The molecule has 0 spiro atoms. The van der Waals surface area contributed by atoms with Crippen molar-refractivity contribution in [2.45, 2.75) is 51.0 Å². The largest absolute Gasteiger partial charge is 0.493 e. The first-order valence-electron chi connectivity index (χ1n) is 12.4. The van der Waals surface area contributed by atoms with E-state index in [1.54, 1.807) is 6.07 Å². The minimum atomic E-state index is -3.88. The highest BCUT2D eigenvalue weighted by Gasteiger charge is 2.32. The second-order valence-corrected chi connectivity index (χ2v) is 11.1. The first-order valence-corrected chi connectivity index (χ1v) is 13.8. The van der Waals surface area contributed by atoms with E-state index in [1.807, 2.05) is 13.8 Å². The number of aryl methyl sites for hydroxylation is 1. The van der Waals surface area contributed by atoms with Crippen molar-refractivity contribution >= 4 is 27.1 Å². The van der Waals surface area contributed by atoms with Gasteiger partial charge in [-0.3, -0.25) is 18.7 Å². The van der Waals surface area contributed by atoms with Crippen LogP contribution in [0.5, 0.6) is 5.75 Å². The number of piperidine rings is 1. The van der Waals surface area contributed by atoms with E-state index in [1.165, 1.54) is 28.1 Å². The number of carbonyl (C=O) groups excluding carboxylic acids is 1. The summed E-state index contributed by atoms with van der Waals surface area (Å²) in [6.45, 7) is 4.98. The molecule has 4 rings (SSSR count). The maximum Gasteiger partial charge on any atom is 0.332 e. The molecule has 1 aliphatic rings. The Bertz CT molecular complexity index is 1550. The molecule has 0 aliphatic carbocycles. The van der Waals surface area contributed by atoms with Gasteiger partial charge in [0.05, 0.1) is 17.1 Å². The van der Waals surface area contributed by atoms with E-state index in [-0.39, 0.29) is 40.9 Å². The van der Waals surface area contributed by atoms with E-state index in [9.17, 15) is 22.8 Å². The molecule has 0 bridgehead atoms. The maximum atomic E-state index is 13.5. The van der Waals surface area contributed by atoms with Gasteiger partial charge < -0.3 is 15.5 Å². The van der Waals surface area contributed by atoms with E-state index >= 15 is 0 Å². The van der Waals surface area contributed by atoms with Crippen molar-refractivity contribution in [2.75, 3.05) is 19.7 Å². The normalized spacial score (nSPS) is 15.3. The van der Waals surface area contributed by atoms with Crippen molar-refractivity contribution in [3.8, 4) is 17.1 Å². The van der Waals surface area contributed by atoms with E-state index in [4.69, 9.17) is 10.5 Å². The number of ether oxygens (including phenoxy) is 1. The van der Waals surface area contributed by atoms with E-state index in [2.05, 4.69) is 9.97 Å². The summed E-state index contributed by atoms with van der Waals surface area (Å²) in [7, 11) is -2.48. The summed E-state index contributed by atoms with van der Waals surface area (Å²) in [6, 6.07) is 4.50. The number of benzene rings is 1. The van der Waals surface area contributed by atoms with Crippen molar-refractivity contribution < 1.29 is 17.9 Å². The number of rotatable bonds is 9. The first-order chi connectivity index (χ1) is 17.6. The highest BCUT2D eigenvalue weighted by Crippen LogP contribution is 2.33. The Morgan fingerprint density at radius 2 is 1.89 bits per heavy atom. The molecule has 0 saturated carbocycles. The van der Waals surface area contributed by atoms with Gasteiger partial charge in [-0.15, -0.1) is 0 Å². The fourth-order valence-electron chi connectivity index (χ4n) is 4.51. The van der Waals surface area contributed by atoms with E-state index in [0.717, 1.165) is 11.0 Å². The zero-order valence-electron chi connectivity index (χ0n) is 21.2. The average Bonchev–Trinajstić information content (AvgIpc) is 3.34. The second kappa shape index (κ2) is 10.5. The van der Waals surface area contributed by atoms with Crippen LogP contribution in [0, 0.1) is 5.92 Å². The number of aromatic nitrogens is 4. The van der Waals surface area contributed by atoms with Crippen LogP contribution in [0.4, 0.5) is 0 Å². The minimum absolute atomic E-state index is 0.0307. The number of nitrogens with one attached hydrogen (secondary N) is 1. The summed E-state index contributed by atoms with van der Waals surface area (Å²) in [5, 5.41) is 0. The molecular formula is C24H32N6O6S. The molecule has 0 unspecified atom stereocenters. The molecule has 0 atom stereocenters. The molecule has 37 heavy (non-hydrogen) atoms. The molecule has 0 radical (unpaired) electrons. The fraction of sp³-hybridized carbons (Fsp3) is 0.500. The molecular weight excluding hydrogens is 500 g/mol. The van der Waals surface area contributed by atoms with Crippen LogP contribution in [0.15, 0.2) is 32.7 Å². The number of imidazole rings is 1. The van der Waals surface area contributed by atoms with Gasteiger partial charge in [0.2, 0.25) is 15.9 Å². The summed E-state index contributed by atoms with van der Waals surface area (Å²) >= 11 is 0. The maximum absolute atomic E-state index is 13.5. The Morgan fingerprint density at radius 3 is 2.51 bits per heavy atom. The Hall–Kier alpha value is -3.45. The summed E-state index contributed by atoms with van der Waals surface area (Å²) < 4.78 is 36.6. The number of fused-ring (bicyclic) bond motifs is 1. The molecule has 1 fully saturated rings. The summed E-state index contributed by atoms with van der Waals surface area (Å²) in [6.07, 6.45) is 2.10. The highest BCUT2D eigenvalue weighted by molar-refractivity contribution is 7.89. The van der Waals surface area contributed by atoms with Crippen LogP contribution < -0.4 is 21.7 Å². The van der Waals surface area contributed by atoms with Crippen LogP contribution in [0.2, 0.25) is 0 Å². The van der Waals surface area contributed by atoms with Crippen LogP contribution in [0.1, 0.15) is 39.5 Å². The molecule has 3 heterocycles. The third kappa shape index (κ3) is 4.92. The number of amides is 1. The summed E-state index contributed by atoms with van der Waals surface area (Å²) in [4.78, 5) is 44.6. The van der Waals surface area contributed by atoms with Gasteiger partial charge >= 0.3 is 5.69 Å². The average molecular weight is 533 g/mol. The molecule has 12 nitrogen and oxygen atoms in total. The van der Waals surface area contributed by atoms with Gasteiger partial charge in [0.1, 0.15) is 17.1 Å². The highest BCUT2D eigenvalue weighted by atomic mass is 32.2. The number of nitrogens with zero attached hydrogens (tertiary/aromatic N) is 4. The zero-order chi connectivity index (χ0) is 26.9. The van der Waals surface area contributed by atoms with Crippen LogP contribution >= 0.6 is 0 Å². The predicted molar refractivity (Wildman–Crippen MR) is 138 cm³/mol. The first kappa shape index (κ1) is 26.6. The molecule has 3 N–H and O–H groups in total. The quantitative estimate of drug-likeness (QED) is 0.418. The fourth-order valence-corrected chi connectivity index (χ4v) is 6.01. The Labute approximate surface area is 214 Å². The van der Waals surface area contributed by atoms with Crippen LogP contribution in [-0.4, -0.2) is 57.4 Å². The zero-order valence-corrected chi connectivity index (χ0v) is 22.0. The third-order valence-electron chi connectivity index (χ3n) is 6.59. The molecule has 3 aromatic rings. The van der Waals surface area contributed by atoms with Gasteiger partial charge in [0.25, 0.3) is 5.56 Å². The Balaban J connectivity index is 1.83. The SMILES string of the molecule is CCCOc1ccc(S(=O)(=O)N2CCC(C(N)=O)CC2)cc1-c1nc2c([nH]1)c(=O)n(C)c(=O)n2CCC. The molecule has 1 amide bonds. The van der Waals surface area contributed by atoms with Gasteiger partial charge in [-0.2, -0.15) is 4.31 Å². The lowest BCUT2D eigenvalue weighted by atomic mass is 9.98. The van der Waals surface area contributed by atoms with E-state index in [0.29, 0.717) is 43.7 Å². The molecule has 1 saturated heterocycles. The van der Waals surface area contributed by atoms with Gasteiger partial charge in [0.15, 0.2) is 5.65 Å². The number of sulfonamides is 1. The predicted octanol–water partition coefficient (Wildman–Crippen LogP) is 1.18. The summed E-state index contributed by atoms with van der Waals surface area (Å²) in [5.74, 6) is -0.147. The second-order valence-electron chi connectivity index (χ2n) is 9.17. The molecule has 2 aromatic heterocycles. The smallest absolute Gasteiger partial charge is 0.332 e. The van der Waals surface area contributed by atoms with Crippen molar-refractivity contribution in [1.29, 1.82) is 0 Å². The molecule has 1 aliphatic heterocycles. The number of primary amides is 1. The van der Waals surface area contributed by atoms with Gasteiger partial charge in [-0.1, -0.05) is 13.8 Å². The number of hydrogen-bond donors (Lipinski definition) is 2. The molecule has 200 valence electrons. The van der Waals surface area contributed by atoms with Gasteiger partial charge in [-0.05, 0) is 43.9 Å².